The summed E-state index contributed by atoms with van der Waals surface area (Å²) < 4.78 is 0. The molecule has 0 radical (unpaired) electrons. The van der Waals surface area contributed by atoms with Gasteiger partial charge < -0.3 is 16.4 Å². The van der Waals surface area contributed by atoms with E-state index in [9.17, 15) is 14.9 Å². The standard InChI is InChI=1S/C13H22N4O3/c1-2-11(13(15)18)12(17(19)20)9-10-3-6-16(7-4-10)8-5-14/h2,10H,1,3-9,14H2,(H2,15,18)/b12-11-. The van der Waals surface area contributed by atoms with Gasteiger partial charge in [0.2, 0.25) is 0 Å². The van der Waals surface area contributed by atoms with Crippen molar-refractivity contribution < 1.29 is 9.72 Å². The van der Waals surface area contributed by atoms with Gasteiger partial charge in [-0.1, -0.05) is 12.7 Å². The van der Waals surface area contributed by atoms with Crippen molar-refractivity contribution in [3.8, 4) is 0 Å². The second-order valence-corrected chi connectivity index (χ2v) is 4.96. The highest BCUT2D eigenvalue weighted by molar-refractivity contribution is 5.95. The van der Waals surface area contributed by atoms with Crippen LogP contribution in [0.15, 0.2) is 23.9 Å². The van der Waals surface area contributed by atoms with Crippen LogP contribution >= 0.6 is 0 Å². The van der Waals surface area contributed by atoms with Gasteiger partial charge in [-0.15, -0.1) is 0 Å². The van der Waals surface area contributed by atoms with Crippen molar-refractivity contribution in [2.75, 3.05) is 26.2 Å². The summed E-state index contributed by atoms with van der Waals surface area (Å²) in [6, 6.07) is 0. The van der Waals surface area contributed by atoms with Gasteiger partial charge in [-0.2, -0.15) is 0 Å². The highest BCUT2D eigenvalue weighted by Gasteiger charge is 2.27. The normalized spacial score (nSPS) is 18.4. The number of piperidine rings is 1. The molecule has 0 saturated carbocycles. The van der Waals surface area contributed by atoms with Gasteiger partial charge >= 0.3 is 0 Å². The van der Waals surface area contributed by atoms with Crippen molar-refractivity contribution in [2.24, 2.45) is 17.4 Å². The molecule has 7 nitrogen and oxygen atoms in total. The summed E-state index contributed by atoms with van der Waals surface area (Å²) in [4.78, 5) is 24.1. The van der Waals surface area contributed by atoms with Crippen molar-refractivity contribution in [3.63, 3.8) is 0 Å². The Balaban J connectivity index is 2.72. The zero-order chi connectivity index (χ0) is 15.1. The van der Waals surface area contributed by atoms with Crippen molar-refractivity contribution in [2.45, 2.75) is 19.3 Å². The van der Waals surface area contributed by atoms with Crippen LogP contribution in [0.25, 0.3) is 0 Å². The van der Waals surface area contributed by atoms with Crippen molar-refractivity contribution in [3.05, 3.63) is 34.0 Å². The number of allylic oxidation sites excluding steroid dienone is 1. The van der Waals surface area contributed by atoms with Gasteiger partial charge in [0.15, 0.2) is 0 Å². The Kier molecular flexibility index (Phi) is 6.33. The third-order valence-corrected chi connectivity index (χ3v) is 3.64. The Bertz CT molecular complexity index is 412. The Labute approximate surface area is 118 Å². The zero-order valence-electron chi connectivity index (χ0n) is 11.6. The quantitative estimate of drug-likeness (QED) is 0.300. The van der Waals surface area contributed by atoms with E-state index in [1.54, 1.807) is 0 Å². The number of hydrogen-bond donors (Lipinski definition) is 2. The largest absolute Gasteiger partial charge is 0.365 e. The van der Waals surface area contributed by atoms with Crippen LogP contribution in [0.3, 0.4) is 0 Å². The predicted octanol–water partition coefficient (Wildman–Crippen LogP) is 0.249. The first kappa shape index (κ1) is 16.3. The zero-order valence-corrected chi connectivity index (χ0v) is 11.6. The molecule has 1 saturated heterocycles. The molecule has 1 rings (SSSR count). The molecule has 1 aliphatic heterocycles. The van der Waals surface area contributed by atoms with Crippen LogP contribution < -0.4 is 11.5 Å². The molecule has 1 fully saturated rings. The highest BCUT2D eigenvalue weighted by Crippen LogP contribution is 2.26. The lowest BCUT2D eigenvalue weighted by molar-refractivity contribution is -0.429. The molecule has 4 N–H and O–H groups in total. The maximum atomic E-state index is 11.2. The number of nitrogens with two attached hydrogens (primary N) is 2. The number of carbonyl (C=O) groups is 1. The van der Waals surface area contributed by atoms with Gasteiger partial charge in [-0.25, -0.2) is 0 Å². The number of nitro groups is 1. The van der Waals surface area contributed by atoms with Gasteiger partial charge in [0.1, 0.15) is 5.57 Å². The Morgan fingerprint density at radius 1 is 1.45 bits per heavy atom. The summed E-state index contributed by atoms with van der Waals surface area (Å²) in [5.41, 5.74) is 10.5. The summed E-state index contributed by atoms with van der Waals surface area (Å²) in [6.07, 6.45) is 3.15. The van der Waals surface area contributed by atoms with E-state index in [-0.39, 0.29) is 23.6 Å². The molecule has 112 valence electrons. The lowest BCUT2D eigenvalue weighted by Gasteiger charge is -2.31. The minimum Gasteiger partial charge on any atom is -0.365 e. The molecule has 7 heteroatoms. The van der Waals surface area contributed by atoms with Gasteiger partial charge in [-0.05, 0) is 31.8 Å². The number of carbonyl (C=O) groups excluding carboxylic acids is 1. The maximum absolute atomic E-state index is 11.2. The highest BCUT2D eigenvalue weighted by atomic mass is 16.6. The number of likely N-dealkylation sites (tertiary alicyclic amines) is 1. The summed E-state index contributed by atoms with van der Waals surface area (Å²) in [6.45, 7) is 6.66. The molecule has 0 bridgehead atoms. The predicted molar refractivity (Wildman–Crippen MR) is 76.2 cm³/mol. The first-order valence-corrected chi connectivity index (χ1v) is 6.71. The molecule has 0 atom stereocenters. The molecule has 1 amide bonds. The topological polar surface area (TPSA) is 115 Å². The third-order valence-electron chi connectivity index (χ3n) is 3.64. The molecule has 0 aromatic rings. The average Bonchev–Trinajstić information content (AvgIpc) is 2.40. The van der Waals surface area contributed by atoms with E-state index in [2.05, 4.69) is 11.5 Å². The molecule has 1 heterocycles. The smallest absolute Gasteiger partial charge is 0.259 e. The number of rotatable bonds is 7. The van der Waals surface area contributed by atoms with Crippen LogP contribution in [-0.2, 0) is 4.79 Å². The second kappa shape index (κ2) is 7.76. The molecule has 0 spiro atoms. The molecule has 0 aliphatic carbocycles. The summed E-state index contributed by atoms with van der Waals surface area (Å²) in [5, 5.41) is 11.1. The van der Waals surface area contributed by atoms with Crippen LogP contribution in [0, 0.1) is 16.0 Å². The van der Waals surface area contributed by atoms with Crippen LogP contribution in [0.2, 0.25) is 0 Å². The molecule has 0 aromatic heterocycles. The lowest BCUT2D eigenvalue weighted by atomic mass is 9.91. The first-order chi connectivity index (χ1) is 9.49. The molecular formula is C13H22N4O3. The monoisotopic (exact) mass is 282 g/mol. The number of nitrogens with zero attached hydrogens (tertiary/aromatic N) is 2. The number of amides is 1. The maximum Gasteiger partial charge on any atom is 0.259 e. The Morgan fingerprint density at radius 2 is 2.05 bits per heavy atom. The Hall–Kier alpha value is -1.73. The van der Waals surface area contributed by atoms with Gasteiger partial charge in [0.05, 0.1) is 4.92 Å². The van der Waals surface area contributed by atoms with E-state index in [1.165, 1.54) is 6.08 Å². The average molecular weight is 282 g/mol. The fourth-order valence-corrected chi connectivity index (χ4v) is 2.51. The molecular weight excluding hydrogens is 260 g/mol. The van der Waals surface area contributed by atoms with E-state index in [0.29, 0.717) is 6.54 Å². The molecule has 0 unspecified atom stereocenters. The van der Waals surface area contributed by atoms with Crippen LogP contribution in [0.5, 0.6) is 0 Å². The van der Waals surface area contributed by atoms with E-state index < -0.39 is 10.8 Å². The van der Waals surface area contributed by atoms with Gasteiger partial charge in [-0.3, -0.25) is 14.9 Å². The number of hydrogen-bond acceptors (Lipinski definition) is 5. The van der Waals surface area contributed by atoms with Crippen molar-refractivity contribution in [1.29, 1.82) is 0 Å². The van der Waals surface area contributed by atoms with E-state index in [4.69, 9.17) is 11.5 Å². The van der Waals surface area contributed by atoms with Crippen LogP contribution in [0.4, 0.5) is 0 Å². The summed E-state index contributed by atoms with van der Waals surface area (Å²) in [7, 11) is 0. The third kappa shape index (κ3) is 4.43. The van der Waals surface area contributed by atoms with Gasteiger partial charge in [0.25, 0.3) is 11.6 Å². The minimum atomic E-state index is -0.799. The van der Waals surface area contributed by atoms with E-state index >= 15 is 0 Å². The van der Waals surface area contributed by atoms with E-state index in [1.807, 2.05) is 0 Å². The van der Waals surface area contributed by atoms with Crippen LogP contribution in [-0.4, -0.2) is 41.9 Å². The van der Waals surface area contributed by atoms with E-state index in [0.717, 1.165) is 32.5 Å². The first-order valence-electron chi connectivity index (χ1n) is 6.71. The number of primary amides is 1. The summed E-state index contributed by atoms with van der Waals surface area (Å²) >= 11 is 0. The van der Waals surface area contributed by atoms with Crippen molar-refractivity contribution >= 4 is 5.91 Å². The second-order valence-electron chi connectivity index (χ2n) is 4.96. The van der Waals surface area contributed by atoms with Crippen LogP contribution in [0.1, 0.15) is 19.3 Å². The van der Waals surface area contributed by atoms with Gasteiger partial charge in [0, 0.05) is 19.5 Å². The fourth-order valence-electron chi connectivity index (χ4n) is 2.51. The SMILES string of the molecule is C=C/C(C(N)=O)=C(\CC1CCN(CCN)CC1)[N+](=O)[O-]. The lowest BCUT2D eigenvalue weighted by Crippen LogP contribution is -2.37. The Morgan fingerprint density at radius 3 is 2.45 bits per heavy atom. The van der Waals surface area contributed by atoms with Crippen molar-refractivity contribution in [1.82, 2.24) is 4.90 Å². The minimum absolute atomic E-state index is 0.0839. The molecule has 20 heavy (non-hydrogen) atoms. The molecule has 1 aliphatic rings. The summed E-state index contributed by atoms with van der Waals surface area (Å²) in [5.74, 6) is -0.606. The molecule has 0 aromatic carbocycles. The fraction of sp³-hybridized carbons (Fsp3) is 0.615.